The molecule has 4 aliphatic rings. The van der Waals surface area contributed by atoms with Crippen LogP contribution in [-0.2, 0) is 9.59 Å². The van der Waals surface area contributed by atoms with Gasteiger partial charge in [0, 0.05) is 24.2 Å². The van der Waals surface area contributed by atoms with E-state index in [1.165, 1.54) is 0 Å². The average molecular weight is 304 g/mol. The second-order valence-electron chi connectivity index (χ2n) is 8.98. The molecule has 7 atom stereocenters. The molecule has 0 bridgehead atoms. The van der Waals surface area contributed by atoms with Gasteiger partial charge in [0.1, 0.15) is 11.6 Å². The van der Waals surface area contributed by atoms with E-state index in [0.29, 0.717) is 42.2 Å². The quantitative estimate of drug-likeness (QED) is 0.748. The molecular formula is C19H28O3. The number of ketones is 2. The zero-order valence-corrected chi connectivity index (χ0v) is 13.8. The summed E-state index contributed by atoms with van der Waals surface area (Å²) < 4.78 is 0. The summed E-state index contributed by atoms with van der Waals surface area (Å²) in [6, 6.07) is 0. The molecule has 3 heteroatoms. The minimum Gasteiger partial charge on any atom is -0.393 e. The van der Waals surface area contributed by atoms with Gasteiger partial charge in [0.15, 0.2) is 0 Å². The first kappa shape index (κ1) is 14.9. The van der Waals surface area contributed by atoms with Crippen LogP contribution in [0.25, 0.3) is 0 Å². The molecule has 0 saturated heterocycles. The number of hydrogen-bond acceptors (Lipinski definition) is 3. The highest BCUT2D eigenvalue weighted by Crippen LogP contribution is 2.64. The molecule has 0 heterocycles. The summed E-state index contributed by atoms with van der Waals surface area (Å²) in [6.07, 6.45) is 6.86. The van der Waals surface area contributed by atoms with Crippen molar-refractivity contribution in [1.29, 1.82) is 0 Å². The lowest BCUT2D eigenvalue weighted by Crippen LogP contribution is -2.57. The van der Waals surface area contributed by atoms with Gasteiger partial charge in [0.05, 0.1) is 6.10 Å². The Morgan fingerprint density at radius 3 is 2.64 bits per heavy atom. The standard InChI is InChI=1S/C19H28O3/c1-18-8-7-12(20)9-11(18)3-4-13-14-5-6-16(22)19(14,2)10-15(21)17(13)18/h11-14,17,20H,3-10H2,1-2H3/t11-,12-,13+,14+,17-,18-,19+/m0/s1. The van der Waals surface area contributed by atoms with Gasteiger partial charge in [-0.3, -0.25) is 9.59 Å². The van der Waals surface area contributed by atoms with Gasteiger partial charge in [-0.2, -0.15) is 0 Å². The Balaban J connectivity index is 1.71. The third-order valence-electron chi connectivity index (χ3n) is 8.04. The summed E-state index contributed by atoms with van der Waals surface area (Å²) in [4.78, 5) is 25.4. The van der Waals surface area contributed by atoms with E-state index in [0.717, 1.165) is 38.5 Å². The maximum Gasteiger partial charge on any atom is 0.139 e. The minimum absolute atomic E-state index is 0.0617. The Morgan fingerprint density at radius 1 is 1.09 bits per heavy atom. The van der Waals surface area contributed by atoms with Gasteiger partial charge in [-0.25, -0.2) is 0 Å². The smallest absolute Gasteiger partial charge is 0.139 e. The molecule has 0 amide bonds. The summed E-state index contributed by atoms with van der Waals surface area (Å²) in [6.45, 7) is 4.36. The highest BCUT2D eigenvalue weighted by atomic mass is 16.3. The van der Waals surface area contributed by atoms with Gasteiger partial charge in [0.2, 0.25) is 0 Å². The molecule has 0 aromatic rings. The summed E-state index contributed by atoms with van der Waals surface area (Å²) in [5, 5.41) is 10.0. The molecule has 0 spiro atoms. The normalized spacial score (nSPS) is 54.6. The number of hydrogen-bond donors (Lipinski definition) is 1. The number of carbonyl (C=O) groups is 2. The maximum absolute atomic E-state index is 13.0. The van der Waals surface area contributed by atoms with E-state index in [4.69, 9.17) is 0 Å². The monoisotopic (exact) mass is 304 g/mol. The number of Topliss-reactive ketones (excluding diaryl/α,β-unsaturated/α-hetero) is 2. The van der Waals surface area contributed by atoms with Gasteiger partial charge in [-0.05, 0) is 61.7 Å². The van der Waals surface area contributed by atoms with Gasteiger partial charge in [0.25, 0.3) is 0 Å². The highest BCUT2D eigenvalue weighted by molar-refractivity contribution is 5.95. The van der Waals surface area contributed by atoms with Crippen LogP contribution in [0.2, 0.25) is 0 Å². The predicted octanol–water partition coefficient (Wildman–Crippen LogP) is 3.14. The largest absolute Gasteiger partial charge is 0.393 e. The molecule has 0 unspecified atom stereocenters. The second kappa shape index (κ2) is 4.66. The maximum atomic E-state index is 13.0. The van der Waals surface area contributed by atoms with Gasteiger partial charge < -0.3 is 5.11 Å². The van der Waals surface area contributed by atoms with E-state index >= 15 is 0 Å². The molecule has 0 aromatic heterocycles. The molecule has 1 N–H and O–H groups in total. The van der Waals surface area contributed by atoms with Crippen LogP contribution in [-0.4, -0.2) is 22.8 Å². The Bertz CT molecular complexity index is 527. The first-order valence-electron chi connectivity index (χ1n) is 9.10. The zero-order valence-electron chi connectivity index (χ0n) is 13.8. The third-order valence-corrected chi connectivity index (χ3v) is 8.04. The molecule has 0 aromatic carbocycles. The molecule has 22 heavy (non-hydrogen) atoms. The van der Waals surface area contributed by atoms with Crippen molar-refractivity contribution in [3.05, 3.63) is 0 Å². The molecule has 4 rings (SSSR count). The van der Waals surface area contributed by atoms with Gasteiger partial charge in [-0.1, -0.05) is 13.8 Å². The summed E-state index contributed by atoms with van der Waals surface area (Å²) >= 11 is 0. The van der Waals surface area contributed by atoms with E-state index in [9.17, 15) is 14.7 Å². The van der Waals surface area contributed by atoms with Crippen LogP contribution < -0.4 is 0 Å². The van der Waals surface area contributed by atoms with Crippen LogP contribution in [0.4, 0.5) is 0 Å². The van der Waals surface area contributed by atoms with Crippen LogP contribution in [0.3, 0.4) is 0 Å². The van der Waals surface area contributed by atoms with E-state index in [2.05, 4.69) is 13.8 Å². The van der Waals surface area contributed by atoms with Crippen molar-refractivity contribution < 1.29 is 14.7 Å². The highest BCUT2D eigenvalue weighted by Gasteiger charge is 2.63. The number of aliphatic hydroxyl groups is 1. The van der Waals surface area contributed by atoms with Gasteiger partial charge >= 0.3 is 0 Å². The lowest BCUT2D eigenvalue weighted by atomic mass is 9.45. The Morgan fingerprint density at radius 2 is 1.86 bits per heavy atom. The van der Waals surface area contributed by atoms with Crippen molar-refractivity contribution >= 4 is 11.6 Å². The fraction of sp³-hybridized carbons (Fsp3) is 0.895. The SMILES string of the molecule is C[C@]12CC[C@H](O)C[C@@H]1CC[C@H]1[C@H]2C(=O)C[C@@]2(C)C(=O)CC[C@H]12. The van der Waals surface area contributed by atoms with E-state index in [1.807, 2.05) is 0 Å². The van der Waals surface area contributed by atoms with E-state index in [1.54, 1.807) is 0 Å². The number of fused-ring (bicyclic) bond motifs is 5. The molecule has 4 aliphatic carbocycles. The minimum atomic E-state index is -0.365. The van der Waals surface area contributed by atoms with Crippen molar-refractivity contribution in [1.82, 2.24) is 0 Å². The fourth-order valence-corrected chi connectivity index (χ4v) is 6.83. The summed E-state index contributed by atoms with van der Waals surface area (Å²) in [5.74, 6) is 2.14. The van der Waals surface area contributed by atoms with Crippen LogP contribution in [0.5, 0.6) is 0 Å². The summed E-state index contributed by atoms with van der Waals surface area (Å²) in [5.41, 5.74) is -0.304. The van der Waals surface area contributed by atoms with Crippen LogP contribution in [0.1, 0.15) is 65.2 Å². The number of aliphatic hydroxyl groups excluding tert-OH is 1. The lowest BCUT2D eigenvalue weighted by Gasteiger charge is -2.58. The van der Waals surface area contributed by atoms with Crippen LogP contribution >= 0.6 is 0 Å². The lowest BCUT2D eigenvalue weighted by molar-refractivity contribution is -0.162. The molecule has 0 aliphatic heterocycles. The predicted molar refractivity (Wildman–Crippen MR) is 83.1 cm³/mol. The Kier molecular flexibility index (Phi) is 3.15. The molecule has 4 fully saturated rings. The molecular weight excluding hydrogens is 276 g/mol. The molecule has 4 saturated carbocycles. The summed E-state index contributed by atoms with van der Waals surface area (Å²) in [7, 11) is 0. The van der Waals surface area contributed by atoms with Crippen molar-refractivity contribution in [3.63, 3.8) is 0 Å². The Labute approximate surface area is 132 Å². The van der Waals surface area contributed by atoms with Crippen LogP contribution in [0, 0.1) is 34.5 Å². The number of rotatable bonds is 0. The first-order chi connectivity index (χ1) is 10.4. The zero-order chi connectivity index (χ0) is 15.7. The number of carbonyl (C=O) groups excluding carboxylic acids is 2. The molecule has 3 nitrogen and oxygen atoms in total. The van der Waals surface area contributed by atoms with Gasteiger partial charge in [-0.15, -0.1) is 0 Å². The topological polar surface area (TPSA) is 54.4 Å². The molecule has 0 radical (unpaired) electrons. The Hall–Kier alpha value is -0.700. The van der Waals surface area contributed by atoms with E-state index < -0.39 is 0 Å². The van der Waals surface area contributed by atoms with Crippen molar-refractivity contribution in [2.45, 2.75) is 71.3 Å². The van der Waals surface area contributed by atoms with Crippen molar-refractivity contribution in [3.8, 4) is 0 Å². The van der Waals surface area contributed by atoms with Crippen molar-refractivity contribution in [2.24, 2.45) is 34.5 Å². The van der Waals surface area contributed by atoms with E-state index in [-0.39, 0.29) is 22.9 Å². The van der Waals surface area contributed by atoms with Crippen LogP contribution in [0.15, 0.2) is 0 Å². The third kappa shape index (κ3) is 1.78. The average Bonchev–Trinajstić information content (AvgIpc) is 2.75. The molecule has 122 valence electrons. The first-order valence-corrected chi connectivity index (χ1v) is 9.10. The second-order valence-corrected chi connectivity index (χ2v) is 8.98. The van der Waals surface area contributed by atoms with Crippen molar-refractivity contribution in [2.75, 3.05) is 0 Å². The fourth-order valence-electron chi connectivity index (χ4n) is 6.83.